The van der Waals surface area contributed by atoms with Crippen molar-refractivity contribution in [3.05, 3.63) is 48.3 Å². The summed E-state index contributed by atoms with van der Waals surface area (Å²) in [5.74, 6) is 7.42. The number of nitrogens with one attached hydrogen (secondary N) is 1. The zero-order valence-electron chi connectivity index (χ0n) is 16.1. The Bertz CT molecular complexity index is 1220. The lowest BCUT2D eigenvalue weighted by molar-refractivity contribution is -0.113. The first-order valence-electron chi connectivity index (χ1n) is 9.79. The van der Waals surface area contributed by atoms with Crippen LogP contribution in [-0.2, 0) is 11.3 Å². The molecule has 0 bridgehead atoms. The van der Waals surface area contributed by atoms with E-state index in [2.05, 4.69) is 51.3 Å². The molecule has 0 aliphatic heterocycles. The lowest BCUT2D eigenvalue weighted by Crippen LogP contribution is -2.17. The van der Waals surface area contributed by atoms with Gasteiger partial charge in [-0.3, -0.25) is 4.79 Å². The molecule has 3 N–H and O–H groups in total. The molecular weight excluding hydrogens is 384 g/mol. The Balaban J connectivity index is 1.33. The Labute approximate surface area is 172 Å². The Hall–Kier alpha value is -3.00. The normalized spacial score (nSPS) is 14.0. The van der Waals surface area contributed by atoms with E-state index in [9.17, 15) is 4.79 Å². The largest absolute Gasteiger partial charge is 0.341 e. The first-order chi connectivity index (χ1) is 14.2. The summed E-state index contributed by atoms with van der Waals surface area (Å²) in [7, 11) is 0. The van der Waals surface area contributed by atoms with Crippen molar-refractivity contribution in [3.63, 3.8) is 0 Å². The molecule has 5 rings (SSSR count). The molecule has 1 aliphatic rings. The number of hydrogen-bond acceptors (Lipinski definition) is 5. The quantitative estimate of drug-likeness (QED) is 0.376. The smallest absolute Gasteiger partial charge is 0.234 e. The van der Waals surface area contributed by atoms with Crippen LogP contribution in [0.4, 0.5) is 5.69 Å². The minimum absolute atomic E-state index is 0.0930. The number of fused-ring (bicyclic) bond motifs is 3. The highest BCUT2D eigenvalue weighted by molar-refractivity contribution is 7.99. The first kappa shape index (κ1) is 18.1. The Morgan fingerprint density at radius 2 is 1.97 bits per heavy atom. The molecule has 1 aliphatic carbocycles. The average Bonchev–Trinajstić information content (AvgIpc) is 3.43. The van der Waals surface area contributed by atoms with Gasteiger partial charge in [0, 0.05) is 40.0 Å². The van der Waals surface area contributed by atoms with Crippen LogP contribution in [0.3, 0.4) is 0 Å². The summed E-state index contributed by atoms with van der Waals surface area (Å²) in [6.45, 7) is 3.04. The molecule has 29 heavy (non-hydrogen) atoms. The number of amides is 1. The topological polar surface area (TPSA) is 90.8 Å². The third-order valence-electron chi connectivity index (χ3n) is 5.34. The summed E-state index contributed by atoms with van der Waals surface area (Å²) in [6, 6.07) is 14.4. The van der Waals surface area contributed by atoms with E-state index in [0.717, 1.165) is 36.3 Å². The van der Waals surface area contributed by atoms with Gasteiger partial charge >= 0.3 is 0 Å². The average molecular weight is 407 g/mol. The molecule has 2 heterocycles. The van der Waals surface area contributed by atoms with E-state index in [4.69, 9.17) is 5.84 Å². The van der Waals surface area contributed by atoms with E-state index in [1.165, 1.54) is 32.9 Å². The first-order valence-corrected chi connectivity index (χ1v) is 10.8. The van der Waals surface area contributed by atoms with Gasteiger partial charge in [0.05, 0.1) is 5.75 Å². The maximum Gasteiger partial charge on any atom is 0.234 e. The van der Waals surface area contributed by atoms with Crippen LogP contribution in [0.1, 0.15) is 31.5 Å². The minimum Gasteiger partial charge on any atom is -0.341 e. The highest BCUT2D eigenvalue weighted by Gasteiger charge is 2.30. The number of hydrogen-bond donors (Lipinski definition) is 2. The van der Waals surface area contributed by atoms with Gasteiger partial charge in [-0.1, -0.05) is 30.0 Å². The number of nitrogen functional groups attached to an aromatic ring is 1. The summed E-state index contributed by atoms with van der Waals surface area (Å²) in [5, 5.41) is 14.2. The Morgan fingerprint density at radius 1 is 1.17 bits per heavy atom. The van der Waals surface area contributed by atoms with E-state index >= 15 is 0 Å². The number of carbonyl (C=O) groups excluding carboxylic acids is 1. The van der Waals surface area contributed by atoms with Gasteiger partial charge in [0.1, 0.15) is 0 Å². The lowest BCUT2D eigenvalue weighted by atomic mass is 10.1. The SMILES string of the molecule is CCn1c2ccccc2c2cc(NC(=O)CSc3nnc(C4CC4)n3N)ccc21. The number of nitrogens with zero attached hydrogens (tertiary/aromatic N) is 4. The number of nitrogens with two attached hydrogens (primary N) is 1. The van der Waals surface area contributed by atoms with Crippen LogP contribution in [0, 0.1) is 0 Å². The number of benzene rings is 2. The van der Waals surface area contributed by atoms with E-state index in [0.29, 0.717) is 11.1 Å². The number of carbonyl (C=O) groups is 1. The van der Waals surface area contributed by atoms with Crippen LogP contribution in [0.5, 0.6) is 0 Å². The van der Waals surface area contributed by atoms with Crippen LogP contribution in [0.25, 0.3) is 21.8 Å². The van der Waals surface area contributed by atoms with Crippen LogP contribution < -0.4 is 11.2 Å². The van der Waals surface area contributed by atoms with Crippen molar-refractivity contribution in [1.29, 1.82) is 0 Å². The molecule has 7 nitrogen and oxygen atoms in total. The zero-order valence-corrected chi connectivity index (χ0v) is 16.9. The fraction of sp³-hybridized carbons (Fsp3) is 0.286. The van der Waals surface area contributed by atoms with Gasteiger partial charge < -0.3 is 15.7 Å². The van der Waals surface area contributed by atoms with Gasteiger partial charge in [0.25, 0.3) is 0 Å². The van der Waals surface area contributed by atoms with Crippen LogP contribution in [0.2, 0.25) is 0 Å². The number of anilines is 1. The fourth-order valence-corrected chi connectivity index (χ4v) is 4.47. The van der Waals surface area contributed by atoms with Crippen molar-refractivity contribution in [2.24, 2.45) is 0 Å². The summed E-state index contributed by atoms with van der Waals surface area (Å²) < 4.78 is 3.80. The highest BCUT2D eigenvalue weighted by Crippen LogP contribution is 2.39. The van der Waals surface area contributed by atoms with Crippen LogP contribution >= 0.6 is 11.8 Å². The van der Waals surface area contributed by atoms with E-state index in [-0.39, 0.29) is 11.7 Å². The maximum absolute atomic E-state index is 12.5. The molecule has 4 aromatic rings. The van der Waals surface area contributed by atoms with Gasteiger partial charge in [-0.25, -0.2) is 4.68 Å². The van der Waals surface area contributed by atoms with E-state index < -0.39 is 0 Å². The van der Waals surface area contributed by atoms with Gasteiger partial charge in [-0.05, 0) is 44.0 Å². The van der Waals surface area contributed by atoms with Crippen molar-refractivity contribution < 1.29 is 4.79 Å². The lowest BCUT2D eigenvalue weighted by Gasteiger charge is -2.07. The molecule has 0 atom stereocenters. The number of thioether (sulfide) groups is 1. The second kappa shape index (κ2) is 7.11. The summed E-state index contributed by atoms with van der Waals surface area (Å²) in [5.41, 5.74) is 3.16. The van der Waals surface area contributed by atoms with E-state index in [1.807, 2.05) is 18.2 Å². The molecule has 0 unspecified atom stereocenters. The fourth-order valence-electron chi connectivity index (χ4n) is 3.81. The maximum atomic E-state index is 12.5. The molecule has 2 aromatic carbocycles. The van der Waals surface area contributed by atoms with Gasteiger partial charge in [-0.2, -0.15) is 0 Å². The van der Waals surface area contributed by atoms with E-state index in [1.54, 1.807) is 0 Å². The zero-order chi connectivity index (χ0) is 20.0. The molecule has 2 aromatic heterocycles. The van der Waals surface area contributed by atoms with Crippen LogP contribution in [-0.4, -0.2) is 31.1 Å². The molecule has 148 valence electrons. The molecule has 0 radical (unpaired) electrons. The summed E-state index contributed by atoms with van der Waals surface area (Å²) in [6.07, 6.45) is 2.22. The molecule has 1 saturated carbocycles. The summed E-state index contributed by atoms with van der Waals surface area (Å²) >= 11 is 1.30. The Morgan fingerprint density at radius 3 is 2.76 bits per heavy atom. The van der Waals surface area contributed by atoms with Gasteiger partial charge in [0.15, 0.2) is 5.82 Å². The standard InChI is InChI=1S/C21H22N6OS/c1-2-26-17-6-4-3-5-15(17)16-11-14(9-10-18(16)26)23-19(28)12-29-21-25-24-20(27(21)22)13-7-8-13/h3-6,9-11,13H,2,7-8,12,22H2,1H3,(H,23,28). The molecular formula is C21H22N6OS. The van der Waals surface area contributed by atoms with Crippen molar-refractivity contribution in [2.45, 2.75) is 37.4 Å². The van der Waals surface area contributed by atoms with Gasteiger partial charge in [-0.15, -0.1) is 10.2 Å². The predicted molar refractivity (Wildman–Crippen MR) is 117 cm³/mol. The molecule has 1 amide bonds. The summed E-state index contributed by atoms with van der Waals surface area (Å²) in [4.78, 5) is 12.5. The third-order valence-corrected chi connectivity index (χ3v) is 6.28. The minimum atomic E-state index is -0.0930. The van der Waals surface area contributed by atoms with Crippen molar-refractivity contribution in [1.82, 2.24) is 19.4 Å². The predicted octanol–water partition coefficient (Wildman–Crippen LogP) is 3.73. The molecule has 0 saturated heterocycles. The van der Waals surface area contributed by atoms with Crippen molar-refractivity contribution >= 4 is 45.2 Å². The van der Waals surface area contributed by atoms with Crippen molar-refractivity contribution in [3.8, 4) is 0 Å². The monoisotopic (exact) mass is 406 g/mol. The Kier molecular flexibility index (Phi) is 4.43. The number of rotatable bonds is 6. The highest BCUT2D eigenvalue weighted by atomic mass is 32.2. The third kappa shape index (κ3) is 3.23. The number of para-hydroxylation sites is 1. The van der Waals surface area contributed by atoms with Gasteiger partial charge in [0.2, 0.25) is 11.1 Å². The van der Waals surface area contributed by atoms with Crippen LogP contribution in [0.15, 0.2) is 47.6 Å². The molecule has 1 fully saturated rings. The van der Waals surface area contributed by atoms with Crippen molar-refractivity contribution in [2.75, 3.05) is 16.9 Å². The molecule has 0 spiro atoms. The number of aryl methyl sites for hydroxylation is 1. The second-order valence-electron chi connectivity index (χ2n) is 7.32. The second-order valence-corrected chi connectivity index (χ2v) is 8.26. The number of aromatic nitrogens is 4. The molecule has 8 heteroatoms.